The van der Waals surface area contributed by atoms with Crippen molar-refractivity contribution in [3.05, 3.63) is 72.6 Å². The molecule has 1 amide bonds. The monoisotopic (exact) mass is 424 g/mol. The number of para-hydroxylation sites is 1. The van der Waals surface area contributed by atoms with Crippen LogP contribution in [0.4, 0.5) is 9.52 Å². The first-order valence-electron chi connectivity index (χ1n) is 9.71. The van der Waals surface area contributed by atoms with E-state index in [0.29, 0.717) is 42.6 Å². The van der Waals surface area contributed by atoms with Crippen LogP contribution in [0.3, 0.4) is 0 Å². The minimum Gasteiger partial charge on any atom is -0.492 e. The molecule has 0 saturated heterocycles. The zero-order chi connectivity index (χ0) is 20.9. The number of carbonyl (C=O) groups excluding carboxylic acids is 1. The number of ether oxygens (including phenoxy) is 1. The Morgan fingerprint density at radius 1 is 1.27 bits per heavy atom. The van der Waals surface area contributed by atoms with E-state index in [1.165, 1.54) is 29.5 Å². The molecular formula is C22H21FN4O2S. The molecule has 2 aromatic carbocycles. The number of rotatable bonds is 8. The predicted octanol–water partition coefficient (Wildman–Crippen LogP) is 4.77. The van der Waals surface area contributed by atoms with E-state index in [1.54, 1.807) is 23.5 Å². The summed E-state index contributed by atoms with van der Waals surface area (Å²) in [5.41, 5.74) is 1.02. The second-order valence-electron chi connectivity index (χ2n) is 6.65. The molecule has 154 valence electrons. The van der Waals surface area contributed by atoms with Gasteiger partial charge in [-0.2, -0.15) is 0 Å². The molecule has 0 spiro atoms. The molecule has 0 N–H and O–H groups in total. The molecule has 0 saturated carbocycles. The van der Waals surface area contributed by atoms with Gasteiger partial charge >= 0.3 is 0 Å². The van der Waals surface area contributed by atoms with Crippen molar-refractivity contribution >= 4 is 32.6 Å². The van der Waals surface area contributed by atoms with Gasteiger partial charge in [0.2, 0.25) is 0 Å². The minimum absolute atomic E-state index is 0.280. The van der Waals surface area contributed by atoms with Crippen molar-refractivity contribution in [2.45, 2.75) is 19.9 Å². The third-order valence-electron chi connectivity index (χ3n) is 4.58. The van der Waals surface area contributed by atoms with Crippen LogP contribution in [-0.4, -0.2) is 33.6 Å². The quantitative estimate of drug-likeness (QED) is 0.409. The highest BCUT2D eigenvalue weighted by Crippen LogP contribution is 2.35. The number of imidazole rings is 1. The zero-order valence-electron chi connectivity index (χ0n) is 16.5. The van der Waals surface area contributed by atoms with Gasteiger partial charge in [-0.1, -0.05) is 23.5 Å². The molecule has 0 fully saturated rings. The first kappa shape index (κ1) is 20.0. The average Bonchev–Trinajstić information content (AvgIpc) is 3.41. The van der Waals surface area contributed by atoms with Crippen LogP contribution in [0, 0.1) is 5.82 Å². The summed E-state index contributed by atoms with van der Waals surface area (Å²) in [6.45, 7) is 3.60. The molecule has 6 nitrogen and oxygen atoms in total. The molecule has 4 aromatic rings. The summed E-state index contributed by atoms with van der Waals surface area (Å²) in [6.07, 6.45) is 6.04. The maximum Gasteiger partial charge on any atom is 0.260 e. The summed E-state index contributed by atoms with van der Waals surface area (Å²) in [4.78, 5) is 23.6. The fourth-order valence-electron chi connectivity index (χ4n) is 3.19. The van der Waals surface area contributed by atoms with Gasteiger partial charge in [0.1, 0.15) is 17.1 Å². The maximum absolute atomic E-state index is 13.7. The van der Waals surface area contributed by atoms with Crippen LogP contribution in [-0.2, 0) is 6.54 Å². The maximum atomic E-state index is 13.7. The lowest BCUT2D eigenvalue weighted by Gasteiger charge is -2.20. The summed E-state index contributed by atoms with van der Waals surface area (Å²) in [6, 6.07) is 11.5. The highest BCUT2D eigenvalue weighted by Gasteiger charge is 2.22. The van der Waals surface area contributed by atoms with E-state index < -0.39 is 5.82 Å². The summed E-state index contributed by atoms with van der Waals surface area (Å²) in [5, 5.41) is 0.567. The number of hydrogen-bond donors (Lipinski definition) is 0. The van der Waals surface area contributed by atoms with Crippen molar-refractivity contribution in [1.82, 2.24) is 14.5 Å². The van der Waals surface area contributed by atoms with Crippen molar-refractivity contribution in [1.29, 1.82) is 0 Å². The molecule has 4 rings (SSSR count). The van der Waals surface area contributed by atoms with Gasteiger partial charge in [0, 0.05) is 31.0 Å². The smallest absolute Gasteiger partial charge is 0.260 e. The zero-order valence-corrected chi connectivity index (χ0v) is 17.3. The highest BCUT2D eigenvalue weighted by molar-refractivity contribution is 7.22. The van der Waals surface area contributed by atoms with E-state index in [4.69, 9.17) is 9.72 Å². The number of amides is 1. The molecule has 30 heavy (non-hydrogen) atoms. The molecule has 0 bridgehead atoms. The normalized spacial score (nSPS) is 11.0. The third-order valence-corrected chi connectivity index (χ3v) is 5.62. The molecule has 0 aliphatic rings. The number of nitrogens with zero attached hydrogens (tertiary/aromatic N) is 4. The average molecular weight is 425 g/mol. The number of hydrogen-bond acceptors (Lipinski definition) is 5. The van der Waals surface area contributed by atoms with Crippen LogP contribution in [0.2, 0.25) is 0 Å². The molecule has 0 aliphatic carbocycles. The van der Waals surface area contributed by atoms with Crippen molar-refractivity contribution in [2.75, 3.05) is 18.1 Å². The van der Waals surface area contributed by atoms with Gasteiger partial charge in [0.05, 0.1) is 17.6 Å². The van der Waals surface area contributed by atoms with Crippen LogP contribution >= 0.6 is 11.3 Å². The summed E-state index contributed by atoms with van der Waals surface area (Å²) < 4.78 is 22.3. The van der Waals surface area contributed by atoms with Gasteiger partial charge in [-0.3, -0.25) is 9.69 Å². The van der Waals surface area contributed by atoms with Crippen molar-refractivity contribution in [3.8, 4) is 5.75 Å². The molecule has 0 aliphatic heterocycles. The van der Waals surface area contributed by atoms with E-state index in [1.807, 2.05) is 35.9 Å². The summed E-state index contributed by atoms with van der Waals surface area (Å²) >= 11 is 1.42. The third kappa shape index (κ3) is 4.33. The number of aryl methyl sites for hydroxylation is 1. The number of halogens is 1. The van der Waals surface area contributed by atoms with Gasteiger partial charge in [-0.05, 0) is 43.7 Å². The molecule has 0 unspecified atom stereocenters. The van der Waals surface area contributed by atoms with Crippen LogP contribution in [0.15, 0.2) is 61.2 Å². The molecule has 0 radical (unpaired) electrons. The summed E-state index contributed by atoms with van der Waals surface area (Å²) in [7, 11) is 0. The van der Waals surface area contributed by atoms with Crippen molar-refractivity contribution in [2.24, 2.45) is 0 Å². The molecule has 0 atom stereocenters. The Hall–Kier alpha value is -3.26. The first-order valence-corrected chi connectivity index (χ1v) is 10.5. The van der Waals surface area contributed by atoms with E-state index in [-0.39, 0.29) is 5.91 Å². The van der Waals surface area contributed by atoms with Gasteiger partial charge in [-0.15, -0.1) is 0 Å². The Balaban J connectivity index is 1.66. The van der Waals surface area contributed by atoms with E-state index in [2.05, 4.69) is 4.98 Å². The lowest BCUT2D eigenvalue weighted by atomic mass is 10.2. The predicted molar refractivity (Wildman–Crippen MR) is 116 cm³/mol. The molecule has 2 heterocycles. The number of thiazole rings is 1. The van der Waals surface area contributed by atoms with Crippen molar-refractivity contribution < 1.29 is 13.9 Å². The van der Waals surface area contributed by atoms with Gasteiger partial charge < -0.3 is 9.30 Å². The second-order valence-corrected chi connectivity index (χ2v) is 7.66. The van der Waals surface area contributed by atoms with E-state index >= 15 is 0 Å². The van der Waals surface area contributed by atoms with Gasteiger partial charge in [0.15, 0.2) is 5.13 Å². The number of carbonyl (C=O) groups is 1. The lowest BCUT2D eigenvalue weighted by molar-refractivity contribution is 0.0986. The van der Waals surface area contributed by atoms with Crippen LogP contribution < -0.4 is 9.64 Å². The number of anilines is 1. The molecular weight excluding hydrogens is 403 g/mol. The number of benzene rings is 2. The largest absolute Gasteiger partial charge is 0.492 e. The highest BCUT2D eigenvalue weighted by atomic mass is 32.1. The Morgan fingerprint density at radius 3 is 2.90 bits per heavy atom. The number of aromatic nitrogens is 3. The Morgan fingerprint density at radius 2 is 2.13 bits per heavy atom. The Labute approximate surface area is 177 Å². The molecule has 2 aromatic heterocycles. The van der Waals surface area contributed by atoms with Crippen LogP contribution in [0.25, 0.3) is 10.2 Å². The topological polar surface area (TPSA) is 60.2 Å². The lowest BCUT2D eigenvalue weighted by Crippen LogP contribution is -2.32. The second kappa shape index (κ2) is 9.04. The first-order chi connectivity index (χ1) is 14.7. The van der Waals surface area contributed by atoms with Crippen LogP contribution in [0.5, 0.6) is 5.75 Å². The van der Waals surface area contributed by atoms with E-state index in [0.717, 1.165) is 10.2 Å². The van der Waals surface area contributed by atoms with Gasteiger partial charge in [0.25, 0.3) is 5.91 Å². The fraction of sp³-hybridized carbons (Fsp3) is 0.227. The number of fused-ring (bicyclic) bond motifs is 1. The Kier molecular flexibility index (Phi) is 6.04. The Bertz CT molecular complexity index is 1140. The van der Waals surface area contributed by atoms with Crippen LogP contribution in [0.1, 0.15) is 23.7 Å². The minimum atomic E-state index is -0.442. The fourth-order valence-corrected chi connectivity index (χ4v) is 4.20. The molecule has 8 heteroatoms. The SMILES string of the molecule is CCOc1cccc2sc(N(CCCn3ccnc3)C(=O)c3cccc(F)c3)nc12. The standard InChI is InChI=1S/C22H21FN4O2S/c1-2-29-18-8-4-9-19-20(18)25-22(30-19)27(12-5-11-26-13-10-24-15-26)21(28)16-6-3-7-17(23)14-16/h3-4,6-10,13-15H,2,5,11-12H2,1H3. The van der Waals surface area contributed by atoms with Crippen molar-refractivity contribution in [3.63, 3.8) is 0 Å². The summed E-state index contributed by atoms with van der Waals surface area (Å²) in [5.74, 6) is -0.0339. The van der Waals surface area contributed by atoms with Gasteiger partial charge in [-0.25, -0.2) is 14.4 Å². The van der Waals surface area contributed by atoms with E-state index in [9.17, 15) is 9.18 Å².